The molecule has 6 nitrogen and oxygen atoms in total. The van der Waals surface area contributed by atoms with Crippen molar-refractivity contribution in [1.29, 1.82) is 0 Å². The molecule has 1 atom stereocenters. The molecule has 1 aromatic rings. The van der Waals surface area contributed by atoms with Crippen LogP contribution in [-0.4, -0.2) is 25.0 Å². The van der Waals surface area contributed by atoms with E-state index in [9.17, 15) is 9.59 Å². The third-order valence-electron chi connectivity index (χ3n) is 4.92. The summed E-state index contributed by atoms with van der Waals surface area (Å²) in [6, 6.07) is 4.55. The van der Waals surface area contributed by atoms with Crippen LogP contribution in [0.1, 0.15) is 52.9 Å². The second-order valence-electron chi connectivity index (χ2n) is 8.07. The van der Waals surface area contributed by atoms with Crippen molar-refractivity contribution >= 4 is 23.2 Å². The summed E-state index contributed by atoms with van der Waals surface area (Å²) in [6.45, 7) is 5.75. The fourth-order valence-electron chi connectivity index (χ4n) is 3.10. The lowest BCUT2D eigenvalue weighted by molar-refractivity contribution is -0.121. The number of hydrogen-bond donors (Lipinski definition) is 3. The fraction of sp³-hybridized carbons (Fsp3) is 0.600. The number of carbonyl (C=O) groups is 2. The van der Waals surface area contributed by atoms with Gasteiger partial charge < -0.3 is 21.1 Å². The zero-order chi connectivity index (χ0) is 19.3. The third kappa shape index (κ3) is 5.21. The highest BCUT2D eigenvalue weighted by molar-refractivity contribution is 5.98. The lowest BCUT2D eigenvalue weighted by Gasteiger charge is -2.26. The number of carbonyl (C=O) groups excluding carboxylic acids is 2. The molecule has 0 unspecified atom stereocenters. The summed E-state index contributed by atoms with van der Waals surface area (Å²) in [4.78, 5) is 24.9. The van der Waals surface area contributed by atoms with Gasteiger partial charge in [-0.05, 0) is 36.5 Å². The Balaban J connectivity index is 2.12. The molecule has 1 fully saturated rings. The second-order valence-corrected chi connectivity index (χ2v) is 8.07. The Morgan fingerprint density at radius 3 is 2.38 bits per heavy atom. The number of rotatable bonds is 5. The first-order valence-corrected chi connectivity index (χ1v) is 9.27. The maximum absolute atomic E-state index is 12.5. The Morgan fingerprint density at radius 2 is 1.81 bits per heavy atom. The average Bonchev–Trinajstić information content (AvgIpc) is 2.61. The van der Waals surface area contributed by atoms with E-state index in [-0.39, 0.29) is 23.1 Å². The third-order valence-corrected chi connectivity index (χ3v) is 4.92. The van der Waals surface area contributed by atoms with Crippen molar-refractivity contribution in [2.45, 2.75) is 58.9 Å². The molecule has 0 aliphatic heterocycles. The van der Waals surface area contributed by atoms with Gasteiger partial charge in [0, 0.05) is 11.6 Å². The molecule has 26 heavy (non-hydrogen) atoms. The number of hydrogen-bond acceptors (Lipinski definition) is 4. The summed E-state index contributed by atoms with van der Waals surface area (Å²) in [7, 11) is 1.55. The quantitative estimate of drug-likeness (QED) is 0.748. The standard InChI is InChI=1S/C20H31N3O3/c1-20(2,3)17(21)19(25)22-14-10-11-16(26-4)15(12-14)23-18(24)13-8-6-5-7-9-13/h10-13,17H,5-9,21H2,1-4H3,(H,22,25)(H,23,24)/t17-/m1/s1. The van der Waals surface area contributed by atoms with Gasteiger partial charge in [0.25, 0.3) is 0 Å². The van der Waals surface area contributed by atoms with E-state index < -0.39 is 6.04 Å². The summed E-state index contributed by atoms with van der Waals surface area (Å²) in [5, 5.41) is 5.78. The molecule has 2 amide bonds. The molecule has 0 bridgehead atoms. The highest BCUT2D eigenvalue weighted by Gasteiger charge is 2.28. The van der Waals surface area contributed by atoms with E-state index in [0.29, 0.717) is 17.1 Å². The lowest BCUT2D eigenvalue weighted by Crippen LogP contribution is -2.45. The highest BCUT2D eigenvalue weighted by atomic mass is 16.5. The van der Waals surface area contributed by atoms with Crippen LogP contribution in [0.2, 0.25) is 0 Å². The summed E-state index contributed by atoms with van der Waals surface area (Å²) in [6.07, 6.45) is 5.23. The van der Waals surface area contributed by atoms with Crippen molar-refractivity contribution in [1.82, 2.24) is 0 Å². The smallest absolute Gasteiger partial charge is 0.241 e. The van der Waals surface area contributed by atoms with E-state index in [0.717, 1.165) is 25.7 Å². The highest BCUT2D eigenvalue weighted by Crippen LogP contribution is 2.31. The summed E-state index contributed by atoms with van der Waals surface area (Å²) < 4.78 is 5.34. The Morgan fingerprint density at radius 1 is 1.15 bits per heavy atom. The van der Waals surface area contributed by atoms with Gasteiger partial charge >= 0.3 is 0 Å². The number of nitrogens with one attached hydrogen (secondary N) is 2. The van der Waals surface area contributed by atoms with Crippen molar-refractivity contribution in [2.24, 2.45) is 17.1 Å². The molecule has 0 radical (unpaired) electrons. The van der Waals surface area contributed by atoms with Gasteiger partial charge in [-0.25, -0.2) is 0 Å². The van der Waals surface area contributed by atoms with Gasteiger partial charge in [0.1, 0.15) is 5.75 Å². The van der Waals surface area contributed by atoms with E-state index in [1.807, 2.05) is 20.8 Å². The zero-order valence-electron chi connectivity index (χ0n) is 16.2. The maximum Gasteiger partial charge on any atom is 0.241 e. The van der Waals surface area contributed by atoms with Gasteiger partial charge in [-0.15, -0.1) is 0 Å². The normalized spacial score (nSPS) is 16.7. The van der Waals surface area contributed by atoms with E-state index in [4.69, 9.17) is 10.5 Å². The summed E-state index contributed by atoms with van der Waals surface area (Å²) in [5.74, 6) is 0.360. The topological polar surface area (TPSA) is 93.4 Å². The van der Waals surface area contributed by atoms with Gasteiger partial charge in [0.15, 0.2) is 0 Å². The molecular weight excluding hydrogens is 330 g/mol. The Labute approximate surface area is 155 Å². The molecular formula is C20H31N3O3. The van der Waals surface area contributed by atoms with Crippen molar-refractivity contribution in [2.75, 3.05) is 17.7 Å². The zero-order valence-corrected chi connectivity index (χ0v) is 16.2. The number of anilines is 2. The van der Waals surface area contributed by atoms with Gasteiger partial charge in [-0.1, -0.05) is 40.0 Å². The molecule has 1 aliphatic rings. The van der Waals surface area contributed by atoms with Gasteiger partial charge in [0.05, 0.1) is 18.8 Å². The predicted octanol–water partition coefficient (Wildman–Crippen LogP) is 3.53. The Bertz CT molecular complexity index is 646. The van der Waals surface area contributed by atoms with E-state index in [2.05, 4.69) is 10.6 Å². The second kappa shape index (κ2) is 8.54. The van der Waals surface area contributed by atoms with E-state index >= 15 is 0 Å². The maximum atomic E-state index is 12.5. The SMILES string of the molecule is COc1ccc(NC(=O)[C@@H](N)C(C)(C)C)cc1NC(=O)C1CCCCC1. The lowest BCUT2D eigenvalue weighted by atomic mass is 9.87. The summed E-state index contributed by atoms with van der Waals surface area (Å²) >= 11 is 0. The average molecular weight is 361 g/mol. The van der Waals surface area contributed by atoms with Crippen LogP contribution in [0.5, 0.6) is 5.75 Å². The van der Waals surface area contributed by atoms with Gasteiger partial charge in [-0.2, -0.15) is 0 Å². The van der Waals surface area contributed by atoms with Crippen molar-refractivity contribution in [3.05, 3.63) is 18.2 Å². The minimum absolute atomic E-state index is 0.0119. The molecule has 0 spiro atoms. The largest absolute Gasteiger partial charge is 0.495 e. The van der Waals surface area contributed by atoms with Crippen LogP contribution in [0.4, 0.5) is 11.4 Å². The van der Waals surface area contributed by atoms with Crippen molar-refractivity contribution < 1.29 is 14.3 Å². The molecule has 144 valence electrons. The monoisotopic (exact) mass is 361 g/mol. The molecule has 0 aromatic heterocycles. The predicted molar refractivity (Wildman–Crippen MR) is 104 cm³/mol. The molecule has 6 heteroatoms. The summed E-state index contributed by atoms with van der Waals surface area (Å²) in [5.41, 5.74) is 6.81. The first-order valence-electron chi connectivity index (χ1n) is 9.27. The number of nitrogens with two attached hydrogens (primary N) is 1. The number of ether oxygens (including phenoxy) is 1. The molecule has 1 saturated carbocycles. The molecule has 1 aromatic carbocycles. The molecule has 1 aliphatic carbocycles. The van der Waals surface area contributed by atoms with Crippen LogP contribution in [0.25, 0.3) is 0 Å². The first kappa shape index (κ1) is 20.2. The van der Waals surface area contributed by atoms with Crippen LogP contribution < -0.4 is 21.1 Å². The molecule has 2 rings (SSSR count). The Hall–Kier alpha value is -2.08. The van der Waals surface area contributed by atoms with Gasteiger partial charge in [0.2, 0.25) is 11.8 Å². The van der Waals surface area contributed by atoms with E-state index in [1.54, 1.807) is 25.3 Å². The van der Waals surface area contributed by atoms with Crippen LogP contribution in [0.3, 0.4) is 0 Å². The number of methoxy groups -OCH3 is 1. The Kier molecular flexibility index (Phi) is 6.64. The van der Waals surface area contributed by atoms with E-state index in [1.165, 1.54) is 6.42 Å². The van der Waals surface area contributed by atoms with Crippen LogP contribution >= 0.6 is 0 Å². The molecule has 0 saturated heterocycles. The van der Waals surface area contributed by atoms with Gasteiger partial charge in [-0.3, -0.25) is 9.59 Å². The molecule has 4 N–H and O–H groups in total. The number of amides is 2. The molecule has 0 heterocycles. The van der Waals surface area contributed by atoms with Crippen molar-refractivity contribution in [3.63, 3.8) is 0 Å². The minimum atomic E-state index is -0.634. The van der Waals surface area contributed by atoms with Crippen molar-refractivity contribution in [3.8, 4) is 5.75 Å². The van der Waals surface area contributed by atoms with Crippen LogP contribution in [-0.2, 0) is 9.59 Å². The van der Waals surface area contributed by atoms with Crippen LogP contribution in [0, 0.1) is 11.3 Å². The van der Waals surface area contributed by atoms with Crippen LogP contribution in [0.15, 0.2) is 18.2 Å². The minimum Gasteiger partial charge on any atom is -0.495 e. The first-order chi connectivity index (χ1) is 12.2. The number of benzene rings is 1. The fourth-order valence-corrected chi connectivity index (χ4v) is 3.10.